The van der Waals surface area contributed by atoms with Crippen molar-refractivity contribution < 1.29 is 65.9 Å². The molecule has 9 atom stereocenters. The second-order valence-electron chi connectivity index (χ2n) is 30.8. The first-order valence-corrected chi connectivity index (χ1v) is 37.7. The molecule has 594 valence electrons. The molecule has 0 bridgehead atoms. The Morgan fingerprint density at radius 1 is 0.302 bits per heavy atom. The van der Waals surface area contributed by atoms with E-state index in [1.165, 1.54) is 57.0 Å². The van der Waals surface area contributed by atoms with Crippen molar-refractivity contribution in [2.45, 2.75) is 270 Å². The second-order valence-corrected chi connectivity index (χ2v) is 30.8. The molecule has 106 heavy (non-hydrogen) atoms. The van der Waals surface area contributed by atoms with Gasteiger partial charge < -0.3 is 0 Å². The van der Waals surface area contributed by atoms with Crippen molar-refractivity contribution in [3.05, 3.63) is 248 Å². The molecule has 9 unspecified atom stereocenters. The molecule has 7 aromatic rings. The molecule has 0 fully saturated rings. The normalized spacial score (nSPS) is 14.1. The van der Waals surface area contributed by atoms with E-state index in [0.717, 1.165) is 79.7 Å². The smallest absolute Gasteiger partial charge is 0.251 e. The van der Waals surface area contributed by atoms with Crippen LogP contribution in [0.3, 0.4) is 0 Å². The molecule has 0 saturated carbocycles. The van der Waals surface area contributed by atoms with Crippen LogP contribution >= 0.6 is 0 Å². The molecule has 0 saturated heterocycles. The van der Waals surface area contributed by atoms with Gasteiger partial charge in [0.25, 0.3) is 0 Å². The van der Waals surface area contributed by atoms with E-state index in [1.807, 2.05) is 109 Å². The molecule has 0 aliphatic heterocycles. The molecule has 0 N–H and O–H groups in total. The van der Waals surface area contributed by atoms with E-state index in [-0.39, 0.29) is 44.2 Å². The van der Waals surface area contributed by atoms with E-state index in [4.69, 9.17) is 0 Å². The number of hydrogen-bond acceptors (Lipinski definition) is 0. The third-order valence-electron chi connectivity index (χ3n) is 17.5. The van der Waals surface area contributed by atoms with Crippen molar-refractivity contribution in [3.63, 3.8) is 0 Å². The summed E-state index contributed by atoms with van der Waals surface area (Å²) in [5.41, 5.74) is 16.7. The summed E-state index contributed by atoms with van der Waals surface area (Å²) in [6, 6.07) is 56.8. The number of halogens is 15. The fourth-order valence-electron chi connectivity index (χ4n) is 12.8. The molecule has 0 heterocycles. The monoisotopic (exact) mass is 1500 g/mol. The van der Waals surface area contributed by atoms with Gasteiger partial charge in [-0.3, -0.25) is 4.39 Å². The molecule has 7 aromatic carbocycles. The Balaban J connectivity index is 0.000000619. The molecule has 0 aliphatic carbocycles. The average Bonchev–Trinajstić information content (AvgIpc) is 0.830. The predicted octanol–water partition coefficient (Wildman–Crippen LogP) is 29.5. The van der Waals surface area contributed by atoms with Gasteiger partial charge in [-0.15, -0.1) is 0 Å². The largest absolute Gasteiger partial charge is 0.453 e. The standard InChI is InChI=1S/C13H15F5.C13H17F3.2C13H18F2.3C13H19F/c1-9-4-3-5-11(6-9)7-10(2)8-12(14,15)13(16,17)18;1-10-4-3-5-12(8-10)9-11(2)6-7-13(14,15)16;1-10-5-4-6-12(7-10)8-11(2)9-13(3,14)15;1-10-4-3-5-12(8-10)9-11(2)6-7-13(14)15;2*1-10-5-4-6-13(8-10)9-11(2)7-12(3)14;1-11-5-3-7-13(9-11)10-12(2)6-4-8-14/h3-6,10H,7-8H2,1-2H3;3-5,8,11H,6-7,9H2,1-2H3;4-7,11H,8-9H2,1-3H3;3-5,8,11,13H,6-7,9H2,1-2H3;2*4-6,8,11-12H,7,9H2,1-3H3;3,5,7,9,12H,4,6,8,10H2,1-2H3. The highest BCUT2D eigenvalue weighted by Crippen LogP contribution is 2.41. The second kappa shape index (κ2) is 51.0. The molecule has 0 amide bonds. The third-order valence-corrected chi connectivity index (χ3v) is 17.5. The summed E-state index contributed by atoms with van der Waals surface area (Å²) < 4.78 is 185. The minimum absolute atomic E-state index is 0.0202. The van der Waals surface area contributed by atoms with Crippen LogP contribution in [-0.4, -0.2) is 49.6 Å². The van der Waals surface area contributed by atoms with E-state index in [2.05, 4.69) is 133 Å². The van der Waals surface area contributed by atoms with Crippen LogP contribution in [0.5, 0.6) is 0 Å². The van der Waals surface area contributed by atoms with Crippen LogP contribution in [-0.2, 0) is 44.9 Å². The molecule has 0 nitrogen and oxygen atoms in total. The minimum Gasteiger partial charge on any atom is -0.251 e. The Morgan fingerprint density at radius 2 is 0.547 bits per heavy atom. The summed E-state index contributed by atoms with van der Waals surface area (Å²) in [7, 11) is 0. The highest BCUT2D eigenvalue weighted by molar-refractivity contribution is 5.27. The van der Waals surface area contributed by atoms with Crippen molar-refractivity contribution in [1.82, 2.24) is 0 Å². The Hall–Kier alpha value is -6.51. The number of benzene rings is 7. The van der Waals surface area contributed by atoms with Gasteiger partial charge in [-0.1, -0.05) is 257 Å². The van der Waals surface area contributed by atoms with Crippen LogP contribution in [0, 0.1) is 89.9 Å². The zero-order valence-electron chi connectivity index (χ0n) is 66.3. The lowest BCUT2D eigenvalue weighted by atomic mass is 9.94. The summed E-state index contributed by atoms with van der Waals surface area (Å²) in [5, 5.41) is 0. The molecule has 0 aliphatic rings. The maximum atomic E-state index is 12.8. The van der Waals surface area contributed by atoms with Gasteiger partial charge in [-0.25, -0.2) is 26.3 Å². The van der Waals surface area contributed by atoms with E-state index in [1.54, 1.807) is 32.0 Å². The van der Waals surface area contributed by atoms with Gasteiger partial charge in [-0.05, 0) is 233 Å². The van der Waals surface area contributed by atoms with Crippen molar-refractivity contribution in [2.24, 2.45) is 41.4 Å². The van der Waals surface area contributed by atoms with Gasteiger partial charge in [0.2, 0.25) is 12.3 Å². The number of rotatable bonds is 30. The Bertz CT molecular complexity index is 3350. The van der Waals surface area contributed by atoms with Gasteiger partial charge in [0.1, 0.15) is 0 Å². The maximum Gasteiger partial charge on any atom is 0.453 e. The van der Waals surface area contributed by atoms with E-state index >= 15 is 0 Å². The maximum absolute atomic E-state index is 12.8. The van der Waals surface area contributed by atoms with E-state index < -0.39 is 61.7 Å². The molecular formula is C91H125F15. The van der Waals surface area contributed by atoms with Crippen LogP contribution in [0.1, 0.15) is 211 Å². The van der Waals surface area contributed by atoms with Gasteiger partial charge in [-0.2, -0.15) is 35.1 Å². The molecule has 0 radical (unpaired) electrons. The SMILES string of the molecule is Cc1cccc(CC(C)CC(C)(F)F)c1.Cc1cccc(CC(C)CC(C)F)c1.Cc1cccc(CC(C)CC(C)F)c1.Cc1cccc(CC(C)CC(F)(F)C(F)(F)F)c1.Cc1cccc(CC(C)CCC(F)(F)F)c1.Cc1cccc(CC(C)CCC(F)F)c1.Cc1cccc(CC(C)CCCF)c1. The lowest BCUT2D eigenvalue weighted by molar-refractivity contribution is -0.287. The summed E-state index contributed by atoms with van der Waals surface area (Å²) in [5.74, 6) is -6.03. The first kappa shape index (κ1) is 97.5. The first-order chi connectivity index (χ1) is 49.3. The topological polar surface area (TPSA) is 0 Å². The molecular weight excluding hydrogens is 1380 g/mol. The van der Waals surface area contributed by atoms with Crippen molar-refractivity contribution >= 4 is 0 Å². The Labute approximate surface area is 628 Å². The van der Waals surface area contributed by atoms with Crippen LogP contribution < -0.4 is 0 Å². The Morgan fingerprint density at radius 3 is 0.774 bits per heavy atom. The summed E-state index contributed by atoms with van der Waals surface area (Å²) >= 11 is 0. The quantitative estimate of drug-likeness (QED) is 0.0394. The Kier molecular flexibility index (Phi) is 46.9. The third kappa shape index (κ3) is 50.9. The summed E-state index contributed by atoms with van der Waals surface area (Å²) in [4.78, 5) is 0. The lowest BCUT2D eigenvalue weighted by Gasteiger charge is -2.23. The van der Waals surface area contributed by atoms with Gasteiger partial charge in [0, 0.05) is 25.7 Å². The van der Waals surface area contributed by atoms with Crippen LogP contribution in [0.4, 0.5) is 65.9 Å². The van der Waals surface area contributed by atoms with Gasteiger partial charge in [0.15, 0.2) is 0 Å². The molecule has 0 spiro atoms. The van der Waals surface area contributed by atoms with Crippen LogP contribution in [0.2, 0.25) is 0 Å². The zero-order chi connectivity index (χ0) is 80.4. The molecule has 15 heteroatoms. The molecule has 7 rings (SSSR count). The predicted molar refractivity (Wildman–Crippen MR) is 415 cm³/mol. The summed E-state index contributed by atoms with van der Waals surface area (Å²) in [6.07, 6.45) is -5.48. The zero-order valence-corrected chi connectivity index (χ0v) is 66.3. The van der Waals surface area contributed by atoms with Crippen molar-refractivity contribution in [2.75, 3.05) is 6.67 Å². The number of aryl methyl sites for hydroxylation is 7. The highest BCUT2D eigenvalue weighted by Gasteiger charge is 2.57. The number of alkyl halides is 15. The van der Waals surface area contributed by atoms with Crippen molar-refractivity contribution in [3.8, 4) is 0 Å². The minimum atomic E-state index is -5.46. The average molecular weight is 1500 g/mol. The van der Waals surface area contributed by atoms with Crippen molar-refractivity contribution in [1.29, 1.82) is 0 Å². The van der Waals surface area contributed by atoms with Crippen LogP contribution in [0.25, 0.3) is 0 Å². The molecule has 0 aromatic heterocycles. The fourth-order valence-corrected chi connectivity index (χ4v) is 12.8. The highest BCUT2D eigenvalue weighted by atomic mass is 19.4. The fraction of sp³-hybridized carbons (Fsp3) is 0.538. The number of hydrogen-bond donors (Lipinski definition) is 0. The summed E-state index contributed by atoms with van der Waals surface area (Å²) in [6.45, 7) is 31.8. The lowest BCUT2D eigenvalue weighted by Crippen LogP contribution is -2.38. The van der Waals surface area contributed by atoms with Gasteiger partial charge in [0.05, 0.1) is 19.0 Å². The van der Waals surface area contributed by atoms with Gasteiger partial charge >= 0.3 is 18.3 Å². The first-order valence-electron chi connectivity index (χ1n) is 37.7. The van der Waals surface area contributed by atoms with E-state index in [0.29, 0.717) is 49.4 Å². The van der Waals surface area contributed by atoms with Crippen LogP contribution in [0.15, 0.2) is 170 Å². The van der Waals surface area contributed by atoms with E-state index in [9.17, 15) is 65.9 Å².